The maximum atomic E-state index is 12.5. The zero-order valence-electron chi connectivity index (χ0n) is 8.63. The van der Waals surface area contributed by atoms with E-state index in [1.165, 1.54) is 0 Å². The molecule has 0 bridgehead atoms. The molecule has 0 atom stereocenters. The highest BCUT2D eigenvalue weighted by Gasteiger charge is 2.35. The third-order valence-electron chi connectivity index (χ3n) is 1.88. The first kappa shape index (κ1) is 14.0. The molecular weight excluding hydrogens is 261 g/mol. The van der Waals surface area contributed by atoms with Crippen LogP contribution in [0.15, 0.2) is 6.20 Å². The largest absolute Gasteiger partial charge is 0.573 e. The van der Waals surface area contributed by atoms with Gasteiger partial charge in [0.2, 0.25) is 0 Å². The van der Waals surface area contributed by atoms with Crippen LogP contribution in [0, 0.1) is 11.3 Å². The van der Waals surface area contributed by atoms with E-state index >= 15 is 0 Å². The minimum atomic E-state index is -5.18. The molecule has 1 heterocycles. The number of halogens is 5. The Morgan fingerprint density at radius 1 is 1.44 bits per heavy atom. The van der Waals surface area contributed by atoms with Gasteiger partial charge < -0.3 is 10.5 Å². The molecule has 0 unspecified atom stereocenters. The number of aromatic nitrogens is 1. The number of hydrogen-bond acceptors (Lipinski definition) is 4. The van der Waals surface area contributed by atoms with Gasteiger partial charge in [0, 0.05) is 11.8 Å². The van der Waals surface area contributed by atoms with E-state index in [9.17, 15) is 22.0 Å². The molecule has 0 aromatic carbocycles. The second kappa shape index (κ2) is 5.03. The summed E-state index contributed by atoms with van der Waals surface area (Å²) in [5, 5.41) is 8.40. The predicted molar refractivity (Wildman–Crippen MR) is 49.6 cm³/mol. The van der Waals surface area contributed by atoms with Crippen molar-refractivity contribution >= 4 is 5.69 Å². The molecule has 0 radical (unpaired) electrons. The number of hydrogen-bond donors (Lipinski definition) is 1. The van der Waals surface area contributed by atoms with Gasteiger partial charge in [-0.2, -0.15) is 5.26 Å². The number of alkyl halides is 5. The van der Waals surface area contributed by atoms with Crippen molar-refractivity contribution in [3.63, 3.8) is 0 Å². The predicted octanol–water partition coefficient (Wildman–Crippen LogP) is 2.57. The first-order valence-electron chi connectivity index (χ1n) is 4.44. The number of nitrogens with zero attached hydrogens (tertiary/aromatic N) is 2. The van der Waals surface area contributed by atoms with Gasteiger partial charge in [-0.25, -0.2) is 8.78 Å². The van der Waals surface area contributed by atoms with E-state index in [0.717, 1.165) is 6.20 Å². The quantitative estimate of drug-likeness (QED) is 0.854. The molecule has 1 rings (SSSR count). The van der Waals surface area contributed by atoms with Gasteiger partial charge in [-0.05, 0) is 0 Å². The number of pyridine rings is 1. The molecule has 18 heavy (non-hydrogen) atoms. The molecule has 0 aliphatic heterocycles. The fourth-order valence-corrected chi connectivity index (χ4v) is 1.16. The van der Waals surface area contributed by atoms with E-state index < -0.39 is 29.9 Å². The molecule has 1 aromatic heterocycles. The second-order valence-electron chi connectivity index (χ2n) is 3.09. The molecule has 0 saturated heterocycles. The van der Waals surface area contributed by atoms with Crippen molar-refractivity contribution in [1.82, 2.24) is 4.98 Å². The number of anilines is 1. The highest BCUT2D eigenvalue weighted by atomic mass is 19.4. The minimum Gasteiger partial charge on any atom is -0.401 e. The summed E-state index contributed by atoms with van der Waals surface area (Å²) in [6.07, 6.45) is -7.99. The molecule has 9 heteroatoms. The molecule has 0 spiro atoms. The summed E-state index contributed by atoms with van der Waals surface area (Å²) in [5.41, 5.74) is 3.27. The van der Waals surface area contributed by atoms with Crippen LogP contribution in [0.25, 0.3) is 0 Å². The fraction of sp³-hybridized carbons (Fsp3) is 0.333. The SMILES string of the molecule is N#CCc1cnc(C(F)F)c(OC(F)(F)F)c1N. The molecule has 2 N–H and O–H groups in total. The number of nitrogen functional groups attached to an aromatic ring is 1. The summed E-state index contributed by atoms with van der Waals surface area (Å²) in [4.78, 5) is 3.14. The van der Waals surface area contributed by atoms with Crippen molar-refractivity contribution < 1.29 is 26.7 Å². The summed E-state index contributed by atoms with van der Waals surface area (Å²) >= 11 is 0. The summed E-state index contributed by atoms with van der Waals surface area (Å²) in [6.45, 7) is 0. The first-order valence-corrected chi connectivity index (χ1v) is 4.44. The van der Waals surface area contributed by atoms with Gasteiger partial charge in [-0.1, -0.05) is 0 Å². The Labute approximate surface area is 97.8 Å². The van der Waals surface area contributed by atoms with Crippen LogP contribution in [-0.2, 0) is 6.42 Å². The Balaban J connectivity index is 3.32. The van der Waals surface area contributed by atoms with Crippen molar-refractivity contribution in [2.45, 2.75) is 19.2 Å². The lowest BCUT2D eigenvalue weighted by atomic mass is 10.1. The van der Waals surface area contributed by atoms with Crippen LogP contribution < -0.4 is 10.5 Å². The summed E-state index contributed by atoms with van der Waals surface area (Å²) < 4.78 is 64.6. The molecule has 0 saturated carbocycles. The highest BCUT2D eigenvalue weighted by molar-refractivity contribution is 5.60. The molecule has 0 aliphatic carbocycles. The van der Waals surface area contributed by atoms with Gasteiger partial charge in [-0.3, -0.25) is 4.98 Å². The van der Waals surface area contributed by atoms with Crippen molar-refractivity contribution in [3.8, 4) is 11.8 Å². The van der Waals surface area contributed by atoms with Crippen LogP contribution in [0.1, 0.15) is 17.7 Å². The van der Waals surface area contributed by atoms with Crippen LogP contribution in [0.3, 0.4) is 0 Å². The summed E-state index contributed by atoms with van der Waals surface area (Å²) in [7, 11) is 0. The maximum absolute atomic E-state index is 12.5. The lowest BCUT2D eigenvalue weighted by molar-refractivity contribution is -0.275. The highest BCUT2D eigenvalue weighted by Crippen LogP contribution is 2.37. The third kappa shape index (κ3) is 3.19. The van der Waals surface area contributed by atoms with Gasteiger partial charge in [0.25, 0.3) is 6.43 Å². The van der Waals surface area contributed by atoms with Crippen molar-refractivity contribution in [2.75, 3.05) is 5.73 Å². The van der Waals surface area contributed by atoms with Crippen LogP contribution in [0.2, 0.25) is 0 Å². The molecule has 98 valence electrons. The Hall–Kier alpha value is -2.11. The smallest absolute Gasteiger partial charge is 0.401 e. The minimum absolute atomic E-state index is 0.110. The number of nitriles is 1. The van der Waals surface area contributed by atoms with E-state index in [2.05, 4.69) is 9.72 Å². The number of ether oxygens (including phenoxy) is 1. The Kier molecular flexibility index (Phi) is 3.90. The standard InChI is InChI=1S/C9H6F5N3O/c10-8(11)6-7(18-9(12,13)14)5(16)4(1-2-15)3-17-6/h3,8H,1H2,(H2,16,17). The average molecular weight is 267 g/mol. The molecule has 4 nitrogen and oxygen atoms in total. The van der Waals surface area contributed by atoms with Crippen molar-refractivity contribution in [1.29, 1.82) is 5.26 Å². The summed E-state index contributed by atoms with van der Waals surface area (Å²) in [6, 6.07) is 1.62. The van der Waals surface area contributed by atoms with Crippen molar-refractivity contribution in [3.05, 3.63) is 17.5 Å². The monoisotopic (exact) mass is 267 g/mol. The average Bonchev–Trinajstić information content (AvgIpc) is 2.22. The normalized spacial score (nSPS) is 11.4. The first-order chi connectivity index (χ1) is 8.26. The van der Waals surface area contributed by atoms with E-state index in [-0.39, 0.29) is 12.0 Å². The molecule has 0 aliphatic rings. The maximum Gasteiger partial charge on any atom is 0.573 e. The molecule has 1 aromatic rings. The van der Waals surface area contributed by atoms with Gasteiger partial charge >= 0.3 is 6.36 Å². The van der Waals surface area contributed by atoms with E-state index in [4.69, 9.17) is 11.0 Å². The third-order valence-corrected chi connectivity index (χ3v) is 1.88. The zero-order valence-corrected chi connectivity index (χ0v) is 8.63. The van der Waals surface area contributed by atoms with E-state index in [0.29, 0.717) is 0 Å². The van der Waals surface area contributed by atoms with Crippen LogP contribution in [0.4, 0.5) is 27.6 Å². The van der Waals surface area contributed by atoms with Crippen LogP contribution >= 0.6 is 0 Å². The van der Waals surface area contributed by atoms with Gasteiger partial charge in [0.05, 0.1) is 18.2 Å². The Morgan fingerprint density at radius 3 is 2.50 bits per heavy atom. The zero-order chi connectivity index (χ0) is 13.9. The molecule has 0 amide bonds. The van der Waals surface area contributed by atoms with E-state index in [1.807, 2.05) is 0 Å². The van der Waals surface area contributed by atoms with E-state index in [1.54, 1.807) is 6.07 Å². The second-order valence-corrected chi connectivity index (χ2v) is 3.09. The van der Waals surface area contributed by atoms with Gasteiger partial charge in [-0.15, -0.1) is 13.2 Å². The van der Waals surface area contributed by atoms with Crippen molar-refractivity contribution in [2.24, 2.45) is 0 Å². The topological polar surface area (TPSA) is 71.9 Å². The van der Waals surface area contributed by atoms with Crippen LogP contribution in [-0.4, -0.2) is 11.3 Å². The molecule has 0 fully saturated rings. The number of nitrogens with two attached hydrogens (primary N) is 1. The fourth-order valence-electron chi connectivity index (χ4n) is 1.16. The van der Waals surface area contributed by atoms with Gasteiger partial charge in [0.1, 0.15) is 0 Å². The summed E-state index contributed by atoms with van der Waals surface area (Å²) in [5.74, 6) is -1.26. The lowest BCUT2D eigenvalue weighted by Crippen LogP contribution is -2.20. The van der Waals surface area contributed by atoms with Gasteiger partial charge in [0.15, 0.2) is 11.4 Å². The lowest BCUT2D eigenvalue weighted by Gasteiger charge is -2.15. The Bertz CT molecular complexity index is 480. The Morgan fingerprint density at radius 2 is 2.06 bits per heavy atom. The molecular formula is C9H6F5N3O. The number of rotatable bonds is 3. The van der Waals surface area contributed by atoms with Crippen LogP contribution in [0.5, 0.6) is 5.75 Å².